The van der Waals surface area contributed by atoms with Gasteiger partial charge in [0.1, 0.15) is 5.01 Å². The molecular formula is C11H17N3O4S2. The summed E-state index contributed by atoms with van der Waals surface area (Å²) in [7, 11) is -3.65. The second-order valence-corrected chi connectivity index (χ2v) is 7.83. The van der Waals surface area contributed by atoms with E-state index in [0.29, 0.717) is 31.0 Å². The number of aryl methyl sites for hydroxylation is 1. The van der Waals surface area contributed by atoms with Crippen LogP contribution in [0.15, 0.2) is 4.34 Å². The van der Waals surface area contributed by atoms with Gasteiger partial charge in [-0.3, -0.25) is 4.79 Å². The topological polar surface area (TPSA) is 89.5 Å². The van der Waals surface area contributed by atoms with Crippen LogP contribution >= 0.6 is 11.3 Å². The van der Waals surface area contributed by atoms with E-state index in [9.17, 15) is 13.2 Å². The zero-order chi connectivity index (χ0) is 14.8. The average Bonchev–Trinajstić information content (AvgIpc) is 2.86. The number of nitrogens with zero attached hydrogens (tertiary/aromatic N) is 3. The summed E-state index contributed by atoms with van der Waals surface area (Å²) >= 11 is 1.04. The predicted octanol–water partition coefficient (Wildman–Crippen LogP) is 0.810. The van der Waals surface area contributed by atoms with E-state index in [-0.39, 0.29) is 16.9 Å². The lowest BCUT2D eigenvalue weighted by molar-refractivity contribution is -0.149. The van der Waals surface area contributed by atoms with Gasteiger partial charge in [-0.1, -0.05) is 11.3 Å². The van der Waals surface area contributed by atoms with Crippen molar-refractivity contribution >= 4 is 27.3 Å². The second-order valence-electron chi connectivity index (χ2n) is 4.54. The van der Waals surface area contributed by atoms with Crippen molar-refractivity contribution in [3.8, 4) is 0 Å². The number of piperidine rings is 1. The molecule has 1 fully saturated rings. The van der Waals surface area contributed by atoms with Crippen LogP contribution in [0.1, 0.15) is 24.8 Å². The van der Waals surface area contributed by atoms with E-state index in [1.54, 1.807) is 13.8 Å². The Labute approximate surface area is 122 Å². The maximum Gasteiger partial charge on any atom is 0.310 e. The van der Waals surface area contributed by atoms with E-state index in [1.807, 2.05) is 0 Å². The Kier molecular flexibility index (Phi) is 4.71. The zero-order valence-electron chi connectivity index (χ0n) is 11.4. The van der Waals surface area contributed by atoms with Crippen LogP contribution in [0.5, 0.6) is 0 Å². The summed E-state index contributed by atoms with van der Waals surface area (Å²) in [6.07, 6.45) is 1.29. The lowest BCUT2D eigenvalue weighted by atomic mass is 10.0. The number of aromatic nitrogens is 2. The third-order valence-electron chi connectivity index (χ3n) is 3.07. The molecule has 2 heterocycles. The SMILES string of the molecule is CCOC(=O)C1CCCN(S(=O)(=O)c2nnc(C)s2)C1. The monoisotopic (exact) mass is 319 g/mol. The molecular weight excluding hydrogens is 302 g/mol. The van der Waals surface area contributed by atoms with E-state index in [2.05, 4.69) is 10.2 Å². The van der Waals surface area contributed by atoms with Crippen molar-refractivity contribution in [1.29, 1.82) is 0 Å². The van der Waals surface area contributed by atoms with Gasteiger partial charge in [-0.25, -0.2) is 8.42 Å². The number of hydrogen-bond acceptors (Lipinski definition) is 7. The fraction of sp³-hybridized carbons (Fsp3) is 0.727. The van der Waals surface area contributed by atoms with Gasteiger partial charge < -0.3 is 4.74 Å². The molecule has 112 valence electrons. The van der Waals surface area contributed by atoms with Crippen molar-refractivity contribution < 1.29 is 17.9 Å². The number of carbonyl (C=O) groups excluding carboxylic acids is 1. The molecule has 1 aromatic rings. The molecule has 20 heavy (non-hydrogen) atoms. The van der Waals surface area contributed by atoms with Crippen molar-refractivity contribution in [3.05, 3.63) is 5.01 Å². The molecule has 0 radical (unpaired) electrons. The van der Waals surface area contributed by atoms with Crippen LogP contribution in [0.2, 0.25) is 0 Å². The van der Waals surface area contributed by atoms with Gasteiger partial charge in [-0.15, -0.1) is 10.2 Å². The quantitative estimate of drug-likeness (QED) is 0.763. The number of esters is 1. The van der Waals surface area contributed by atoms with Gasteiger partial charge in [-0.2, -0.15) is 4.31 Å². The summed E-state index contributed by atoms with van der Waals surface area (Å²) in [5.41, 5.74) is 0. The first-order chi connectivity index (χ1) is 9.45. The normalized spacial score (nSPS) is 20.8. The van der Waals surface area contributed by atoms with E-state index >= 15 is 0 Å². The Hall–Kier alpha value is -1.06. The highest BCUT2D eigenvalue weighted by molar-refractivity contribution is 7.91. The van der Waals surface area contributed by atoms with Crippen molar-refractivity contribution in [2.45, 2.75) is 31.0 Å². The molecule has 9 heteroatoms. The zero-order valence-corrected chi connectivity index (χ0v) is 13.0. The molecule has 2 rings (SSSR count). The molecule has 0 amide bonds. The maximum absolute atomic E-state index is 12.4. The average molecular weight is 319 g/mol. The minimum Gasteiger partial charge on any atom is -0.466 e. The Balaban J connectivity index is 2.14. The smallest absolute Gasteiger partial charge is 0.310 e. The minimum absolute atomic E-state index is 0.0143. The Morgan fingerprint density at radius 2 is 2.25 bits per heavy atom. The Bertz CT molecular complexity index is 584. The lowest BCUT2D eigenvalue weighted by Crippen LogP contribution is -2.42. The molecule has 7 nitrogen and oxygen atoms in total. The van der Waals surface area contributed by atoms with E-state index < -0.39 is 15.9 Å². The highest BCUT2D eigenvalue weighted by atomic mass is 32.2. The number of sulfonamides is 1. The van der Waals surface area contributed by atoms with Gasteiger partial charge >= 0.3 is 5.97 Å². The highest BCUT2D eigenvalue weighted by Gasteiger charge is 2.35. The van der Waals surface area contributed by atoms with Crippen molar-refractivity contribution in [1.82, 2.24) is 14.5 Å². The summed E-state index contributed by atoms with van der Waals surface area (Å²) in [6, 6.07) is 0. The van der Waals surface area contributed by atoms with Crippen LogP contribution in [0, 0.1) is 12.8 Å². The van der Waals surface area contributed by atoms with Crippen LogP contribution in [0.4, 0.5) is 0 Å². The van der Waals surface area contributed by atoms with Crippen molar-refractivity contribution in [2.24, 2.45) is 5.92 Å². The maximum atomic E-state index is 12.4. The van der Waals surface area contributed by atoms with E-state index in [4.69, 9.17) is 4.74 Å². The van der Waals surface area contributed by atoms with E-state index in [1.165, 1.54) is 4.31 Å². The minimum atomic E-state index is -3.65. The summed E-state index contributed by atoms with van der Waals surface area (Å²) in [5.74, 6) is -0.728. The molecule has 1 aromatic heterocycles. The number of ether oxygens (including phenoxy) is 1. The fourth-order valence-electron chi connectivity index (χ4n) is 2.11. The van der Waals surface area contributed by atoms with Gasteiger partial charge in [0.2, 0.25) is 4.34 Å². The molecule has 1 unspecified atom stereocenters. The summed E-state index contributed by atoms with van der Waals surface area (Å²) in [5, 5.41) is 8.02. The number of carbonyl (C=O) groups is 1. The Morgan fingerprint density at radius 1 is 1.50 bits per heavy atom. The van der Waals surface area contributed by atoms with Gasteiger partial charge in [0.25, 0.3) is 10.0 Å². The first-order valence-electron chi connectivity index (χ1n) is 6.42. The molecule has 0 bridgehead atoms. The van der Waals surface area contributed by atoms with Gasteiger partial charge in [0.15, 0.2) is 0 Å². The van der Waals surface area contributed by atoms with Gasteiger partial charge in [0.05, 0.1) is 12.5 Å². The molecule has 1 atom stereocenters. The molecule has 1 saturated heterocycles. The predicted molar refractivity (Wildman–Crippen MR) is 72.8 cm³/mol. The second kappa shape index (κ2) is 6.15. The Morgan fingerprint density at radius 3 is 2.85 bits per heavy atom. The third-order valence-corrected chi connectivity index (χ3v) is 6.12. The van der Waals surface area contributed by atoms with Crippen LogP contribution in [-0.2, 0) is 19.6 Å². The number of rotatable bonds is 4. The summed E-state index contributed by atoms with van der Waals surface area (Å²) in [4.78, 5) is 11.7. The summed E-state index contributed by atoms with van der Waals surface area (Å²) < 4.78 is 31.1. The van der Waals surface area contributed by atoms with Crippen molar-refractivity contribution in [3.63, 3.8) is 0 Å². The van der Waals surface area contributed by atoms with Crippen LogP contribution in [0.3, 0.4) is 0 Å². The third kappa shape index (κ3) is 3.15. The molecule has 0 N–H and O–H groups in total. The standard InChI is InChI=1S/C11H17N3O4S2/c1-3-18-10(15)9-5-4-6-14(7-9)20(16,17)11-13-12-8(2)19-11/h9H,3-7H2,1-2H3. The number of hydrogen-bond donors (Lipinski definition) is 0. The molecule has 1 aliphatic heterocycles. The lowest BCUT2D eigenvalue weighted by Gasteiger charge is -2.29. The molecule has 0 aromatic carbocycles. The van der Waals surface area contributed by atoms with Crippen molar-refractivity contribution in [2.75, 3.05) is 19.7 Å². The first-order valence-corrected chi connectivity index (χ1v) is 8.67. The molecule has 1 aliphatic rings. The van der Waals surface area contributed by atoms with Crippen LogP contribution in [-0.4, -0.2) is 48.6 Å². The highest BCUT2D eigenvalue weighted by Crippen LogP contribution is 2.26. The molecule has 0 aliphatic carbocycles. The van der Waals surface area contributed by atoms with E-state index in [0.717, 1.165) is 11.3 Å². The van der Waals surface area contributed by atoms with Crippen LogP contribution < -0.4 is 0 Å². The molecule has 0 spiro atoms. The van der Waals surface area contributed by atoms with Gasteiger partial charge in [-0.05, 0) is 26.7 Å². The fourth-order valence-corrected chi connectivity index (χ4v) is 4.73. The van der Waals surface area contributed by atoms with Gasteiger partial charge in [0, 0.05) is 13.1 Å². The first kappa shape index (κ1) is 15.3. The van der Waals surface area contributed by atoms with Crippen LogP contribution in [0.25, 0.3) is 0 Å². The largest absolute Gasteiger partial charge is 0.466 e. The summed E-state index contributed by atoms with van der Waals surface area (Å²) in [6.45, 7) is 4.29. The molecule has 0 saturated carbocycles.